The summed E-state index contributed by atoms with van der Waals surface area (Å²) in [5.74, 6) is 3.14. The Morgan fingerprint density at radius 3 is 2.43 bits per heavy atom. The summed E-state index contributed by atoms with van der Waals surface area (Å²) in [4.78, 5) is 19.0. The molecule has 6 nitrogen and oxygen atoms in total. The van der Waals surface area contributed by atoms with Crippen molar-refractivity contribution < 1.29 is 9.53 Å². The molecule has 1 aromatic carbocycles. The molecule has 2 atom stereocenters. The van der Waals surface area contributed by atoms with Crippen LogP contribution >= 0.6 is 24.0 Å². The van der Waals surface area contributed by atoms with E-state index in [0.717, 1.165) is 57.2 Å². The zero-order valence-corrected chi connectivity index (χ0v) is 20.9. The highest BCUT2D eigenvalue weighted by Crippen LogP contribution is 2.21. The molecule has 0 radical (unpaired) electrons. The van der Waals surface area contributed by atoms with Gasteiger partial charge in [-0.05, 0) is 62.1 Å². The molecule has 1 heterocycles. The number of benzene rings is 1. The average molecular weight is 528 g/mol. The SMILES string of the molecule is CCNC(=NCCc1ccc(OCC(=O)NC2CC2)cc1)N1CC(C)CC(C)C1.I. The minimum Gasteiger partial charge on any atom is -0.484 e. The van der Waals surface area contributed by atoms with Gasteiger partial charge in [-0.3, -0.25) is 9.79 Å². The summed E-state index contributed by atoms with van der Waals surface area (Å²) >= 11 is 0. The zero-order valence-electron chi connectivity index (χ0n) is 18.5. The lowest BCUT2D eigenvalue weighted by Gasteiger charge is -2.37. The van der Waals surface area contributed by atoms with Crippen LogP contribution in [-0.4, -0.2) is 55.6 Å². The smallest absolute Gasteiger partial charge is 0.258 e. The van der Waals surface area contributed by atoms with Crippen LogP contribution < -0.4 is 15.4 Å². The molecule has 3 rings (SSSR count). The van der Waals surface area contributed by atoms with Crippen molar-refractivity contribution in [2.45, 2.75) is 52.5 Å². The normalized spacial score (nSPS) is 21.6. The first-order valence-corrected chi connectivity index (χ1v) is 11.1. The number of carbonyl (C=O) groups excluding carboxylic acids is 1. The van der Waals surface area contributed by atoms with E-state index in [4.69, 9.17) is 9.73 Å². The van der Waals surface area contributed by atoms with E-state index < -0.39 is 0 Å². The number of likely N-dealkylation sites (tertiary alicyclic amines) is 1. The standard InChI is InChI=1S/C23H36N4O2.HI/c1-4-24-23(27-14-17(2)13-18(3)15-27)25-12-11-19-5-9-21(10-6-19)29-16-22(28)26-20-7-8-20;/h5-6,9-10,17-18,20H,4,7-8,11-16H2,1-3H3,(H,24,25)(H,26,28);1H. The van der Waals surface area contributed by atoms with Gasteiger partial charge >= 0.3 is 0 Å². The summed E-state index contributed by atoms with van der Waals surface area (Å²) in [6.45, 7) is 10.7. The third-order valence-electron chi connectivity index (χ3n) is 5.40. The molecule has 1 aliphatic heterocycles. The average Bonchev–Trinajstić information content (AvgIpc) is 3.50. The number of nitrogens with one attached hydrogen (secondary N) is 2. The monoisotopic (exact) mass is 528 g/mol. The Labute approximate surface area is 198 Å². The van der Waals surface area contributed by atoms with E-state index in [2.05, 4.69) is 48.4 Å². The van der Waals surface area contributed by atoms with Gasteiger partial charge in [-0.1, -0.05) is 26.0 Å². The molecule has 2 N–H and O–H groups in total. The highest BCUT2D eigenvalue weighted by Gasteiger charge is 2.24. The van der Waals surface area contributed by atoms with Crippen LogP contribution in [0.1, 0.15) is 45.6 Å². The second-order valence-corrected chi connectivity index (χ2v) is 8.61. The fourth-order valence-electron chi connectivity index (χ4n) is 3.95. The summed E-state index contributed by atoms with van der Waals surface area (Å²) in [6.07, 6.45) is 4.37. The summed E-state index contributed by atoms with van der Waals surface area (Å²) in [7, 11) is 0. The zero-order chi connectivity index (χ0) is 20.6. The second kappa shape index (κ2) is 12.4. The van der Waals surface area contributed by atoms with Crippen molar-refractivity contribution in [1.82, 2.24) is 15.5 Å². The van der Waals surface area contributed by atoms with Gasteiger partial charge < -0.3 is 20.3 Å². The topological polar surface area (TPSA) is 66.0 Å². The van der Waals surface area contributed by atoms with Crippen LogP contribution in [0.25, 0.3) is 0 Å². The Balaban J connectivity index is 0.00000320. The molecule has 2 fully saturated rings. The van der Waals surface area contributed by atoms with Crippen LogP contribution in [0.5, 0.6) is 5.75 Å². The van der Waals surface area contributed by atoms with Crippen LogP contribution in [0.2, 0.25) is 0 Å². The van der Waals surface area contributed by atoms with Crippen molar-refractivity contribution in [2.75, 3.05) is 32.8 Å². The predicted molar refractivity (Wildman–Crippen MR) is 133 cm³/mol. The first-order valence-electron chi connectivity index (χ1n) is 11.1. The molecule has 2 unspecified atom stereocenters. The Kier molecular flexibility index (Phi) is 10.2. The van der Waals surface area contributed by atoms with E-state index >= 15 is 0 Å². The third-order valence-corrected chi connectivity index (χ3v) is 5.40. The van der Waals surface area contributed by atoms with Crippen LogP contribution in [0, 0.1) is 11.8 Å². The molecule has 1 saturated carbocycles. The van der Waals surface area contributed by atoms with Crippen LogP contribution in [0.4, 0.5) is 0 Å². The number of guanidine groups is 1. The van der Waals surface area contributed by atoms with Gasteiger partial charge in [-0.2, -0.15) is 0 Å². The molecule has 0 aromatic heterocycles. The second-order valence-electron chi connectivity index (χ2n) is 8.61. The molecule has 30 heavy (non-hydrogen) atoms. The minimum absolute atomic E-state index is 0. The lowest BCUT2D eigenvalue weighted by atomic mass is 9.92. The summed E-state index contributed by atoms with van der Waals surface area (Å²) in [6, 6.07) is 8.35. The molecule has 0 spiro atoms. The number of rotatable bonds is 8. The maximum atomic E-state index is 11.7. The molecular weight excluding hydrogens is 491 g/mol. The Morgan fingerprint density at radius 1 is 1.17 bits per heavy atom. The first kappa shape index (κ1) is 24.8. The molecule has 168 valence electrons. The van der Waals surface area contributed by atoms with Gasteiger partial charge in [-0.25, -0.2) is 0 Å². The van der Waals surface area contributed by atoms with Crippen molar-refractivity contribution in [3.8, 4) is 5.75 Å². The Hall–Kier alpha value is -1.51. The van der Waals surface area contributed by atoms with Crippen molar-refractivity contribution in [3.05, 3.63) is 29.8 Å². The van der Waals surface area contributed by atoms with Crippen molar-refractivity contribution >= 4 is 35.8 Å². The molecule has 1 aromatic rings. The maximum Gasteiger partial charge on any atom is 0.258 e. The molecule has 1 saturated heterocycles. The maximum absolute atomic E-state index is 11.7. The van der Waals surface area contributed by atoms with Crippen molar-refractivity contribution in [3.63, 3.8) is 0 Å². The first-order chi connectivity index (χ1) is 14.0. The van der Waals surface area contributed by atoms with E-state index in [-0.39, 0.29) is 36.5 Å². The van der Waals surface area contributed by atoms with E-state index in [0.29, 0.717) is 17.9 Å². The molecule has 2 aliphatic rings. The fourth-order valence-corrected chi connectivity index (χ4v) is 3.95. The van der Waals surface area contributed by atoms with Gasteiger partial charge in [0.05, 0.1) is 0 Å². The van der Waals surface area contributed by atoms with Gasteiger partial charge in [0.15, 0.2) is 12.6 Å². The number of hydrogen-bond donors (Lipinski definition) is 2. The lowest BCUT2D eigenvalue weighted by molar-refractivity contribution is -0.123. The fraction of sp³-hybridized carbons (Fsp3) is 0.652. The number of amides is 1. The number of carbonyl (C=O) groups is 1. The minimum atomic E-state index is -0.0387. The highest BCUT2D eigenvalue weighted by molar-refractivity contribution is 14.0. The number of ether oxygens (including phenoxy) is 1. The van der Waals surface area contributed by atoms with E-state index in [1.165, 1.54) is 12.0 Å². The van der Waals surface area contributed by atoms with Gasteiger partial charge in [0.25, 0.3) is 5.91 Å². The molecule has 0 bridgehead atoms. The number of nitrogens with zero attached hydrogens (tertiary/aromatic N) is 2. The number of hydrogen-bond acceptors (Lipinski definition) is 3. The molecule has 1 amide bonds. The summed E-state index contributed by atoms with van der Waals surface area (Å²) in [5, 5.41) is 6.38. The van der Waals surface area contributed by atoms with Gasteiger partial charge in [0.1, 0.15) is 5.75 Å². The van der Waals surface area contributed by atoms with Crippen LogP contribution in [0.15, 0.2) is 29.3 Å². The van der Waals surface area contributed by atoms with E-state index in [9.17, 15) is 4.79 Å². The van der Waals surface area contributed by atoms with Gasteiger partial charge in [0, 0.05) is 32.2 Å². The summed E-state index contributed by atoms with van der Waals surface area (Å²) < 4.78 is 5.57. The Bertz CT molecular complexity index is 681. The van der Waals surface area contributed by atoms with Gasteiger partial charge in [0.2, 0.25) is 0 Å². The number of halogens is 1. The molecule has 7 heteroatoms. The quantitative estimate of drug-likeness (QED) is 0.308. The molecule has 1 aliphatic carbocycles. The van der Waals surface area contributed by atoms with E-state index in [1.807, 2.05) is 12.1 Å². The van der Waals surface area contributed by atoms with Crippen LogP contribution in [0.3, 0.4) is 0 Å². The lowest BCUT2D eigenvalue weighted by Crippen LogP contribution is -2.48. The molecular formula is C23H37IN4O2. The Morgan fingerprint density at radius 2 is 1.83 bits per heavy atom. The predicted octanol–water partition coefficient (Wildman–Crippen LogP) is 3.45. The van der Waals surface area contributed by atoms with E-state index in [1.54, 1.807) is 0 Å². The highest BCUT2D eigenvalue weighted by atomic mass is 127. The largest absolute Gasteiger partial charge is 0.484 e. The van der Waals surface area contributed by atoms with Gasteiger partial charge in [-0.15, -0.1) is 24.0 Å². The summed E-state index contributed by atoms with van der Waals surface area (Å²) in [5.41, 5.74) is 1.22. The van der Waals surface area contributed by atoms with Crippen molar-refractivity contribution in [1.29, 1.82) is 0 Å². The number of aliphatic imine (C=N–C) groups is 1. The number of piperidine rings is 1. The third kappa shape index (κ3) is 8.32. The van der Waals surface area contributed by atoms with Crippen LogP contribution in [-0.2, 0) is 11.2 Å². The van der Waals surface area contributed by atoms with Crippen molar-refractivity contribution in [2.24, 2.45) is 16.8 Å².